The highest BCUT2D eigenvalue weighted by Gasteiger charge is 2.08. The van der Waals surface area contributed by atoms with Gasteiger partial charge in [-0.2, -0.15) is 0 Å². The minimum absolute atomic E-state index is 0.153. The predicted molar refractivity (Wildman–Crippen MR) is 89.1 cm³/mol. The molecule has 5 heteroatoms. The van der Waals surface area contributed by atoms with Crippen LogP contribution in [0, 0.1) is 0 Å². The van der Waals surface area contributed by atoms with Crippen LogP contribution < -0.4 is 5.32 Å². The van der Waals surface area contributed by atoms with Crippen molar-refractivity contribution in [3.8, 4) is 11.4 Å². The molecule has 0 aliphatic heterocycles. The van der Waals surface area contributed by atoms with Crippen molar-refractivity contribution in [3.63, 3.8) is 0 Å². The maximum Gasteiger partial charge on any atom is 0.255 e. The monoisotopic (exact) mass is 307 g/mol. The van der Waals surface area contributed by atoms with E-state index in [9.17, 15) is 4.79 Å². The molecule has 2 N–H and O–H groups in total. The molecule has 1 amide bonds. The Morgan fingerprint density at radius 3 is 2.87 bits per heavy atom. The third kappa shape index (κ3) is 3.64. The maximum atomic E-state index is 12.4. The van der Waals surface area contributed by atoms with E-state index in [1.807, 2.05) is 42.5 Å². The van der Waals surface area contributed by atoms with Gasteiger partial charge >= 0.3 is 0 Å². The molecule has 0 atom stereocenters. The summed E-state index contributed by atoms with van der Waals surface area (Å²) in [6.45, 7) is 0.481. The van der Waals surface area contributed by atoms with Gasteiger partial charge in [-0.05, 0) is 29.8 Å². The van der Waals surface area contributed by atoms with Gasteiger partial charge in [-0.3, -0.25) is 4.79 Å². The number of aromatic nitrogens is 2. The fraction of sp³-hybridized carbons (Fsp3) is 0.111. The number of hydrogen-bond acceptors (Lipinski definition) is 3. The molecule has 0 aliphatic carbocycles. The quantitative estimate of drug-likeness (QED) is 0.758. The first-order chi connectivity index (χ1) is 11.3. The van der Waals surface area contributed by atoms with Crippen molar-refractivity contribution in [2.75, 3.05) is 12.4 Å². The number of rotatable bonds is 5. The first kappa shape index (κ1) is 15.0. The van der Waals surface area contributed by atoms with E-state index in [1.54, 1.807) is 25.6 Å². The lowest BCUT2D eigenvalue weighted by Gasteiger charge is -2.08. The molecule has 116 valence electrons. The van der Waals surface area contributed by atoms with E-state index >= 15 is 0 Å². The van der Waals surface area contributed by atoms with E-state index in [0.717, 1.165) is 22.6 Å². The molecule has 0 aliphatic rings. The van der Waals surface area contributed by atoms with Crippen LogP contribution >= 0.6 is 0 Å². The first-order valence-electron chi connectivity index (χ1n) is 7.25. The number of nitrogens with one attached hydrogen (secondary N) is 2. The number of hydrogen-bond donors (Lipinski definition) is 2. The molecule has 1 heterocycles. The summed E-state index contributed by atoms with van der Waals surface area (Å²) in [6, 6.07) is 14.9. The van der Waals surface area contributed by atoms with Crippen molar-refractivity contribution in [1.29, 1.82) is 0 Å². The molecule has 0 unspecified atom stereocenters. The summed E-state index contributed by atoms with van der Waals surface area (Å²) in [5.74, 6) is 0.614. The number of nitrogens with zero attached hydrogens (tertiary/aromatic N) is 1. The van der Waals surface area contributed by atoms with Crippen LogP contribution in [0.2, 0.25) is 0 Å². The molecular formula is C18H17N3O2. The van der Waals surface area contributed by atoms with E-state index in [0.29, 0.717) is 12.2 Å². The molecule has 2 aromatic carbocycles. The zero-order valence-electron chi connectivity index (χ0n) is 12.7. The topological polar surface area (TPSA) is 67.0 Å². The summed E-state index contributed by atoms with van der Waals surface area (Å²) in [5.41, 5.74) is 3.20. The van der Waals surface area contributed by atoms with Crippen LogP contribution in [0.4, 0.5) is 5.69 Å². The summed E-state index contributed by atoms with van der Waals surface area (Å²) in [6.07, 6.45) is 3.46. The molecule has 0 fully saturated rings. The van der Waals surface area contributed by atoms with E-state index in [1.165, 1.54) is 0 Å². The lowest BCUT2D eigenvalue weighted by molar-refractivity contribution is 0.102. The lowest BCUT2D eigenvalue weighted by atomic mass is 10.1. The number of methoxy groups -OCH3 is 1. The fourth-order valence-corrected chi connectivity index (χ4v) is 2.34. The van der Waals surface area contributed by atoms with Crippen molar-refractivity contribution in [2.24, 2.45) is 0 Å². The van der Waals surface area contributed by atoms with Crippen LogP contribution in [0.5, 0.6) is 0 Å². The first-order valence-corrected chi connectivity index (χ1v) is 7.25. The summed E-state index contributed by atoms with van der Waals surface area (Å²) >= 11 is 0. The van der Waals surface area contributed by atoms with Gasteiger partial charge in [0.2, 0.25) is 0 Å². The van der Waals surface area contributed by atoms with Crippen LogP contribution in [-0.4, -0.2) is 23.0 Å². The van der Waals surface area contributed by atoms with Crippen molar-refractivity contribution < 1.29 is 9.53 Å². The maximum absolute atomic E-state index is 12.4. The number of carbonyl (C=O) groups excluding carboxylic acids is 1. The molecule has 0 saturated heterocycles. The number of carbonyl (C=O) groups is 1. The van der Waals surface area contributed by atoms with Gasteiger partial charge in [0.25, 0.3) is 5.91 Å². The van der Waals surface area contributed by atoms with Crippen LogP contribution in [0.1, 0.15) is 15.9 Å². The third-order valence-electron chi connectivity index (χ3n) is 3.39. The summed E-state index contributed by atoms with van der Waals surface area (Å²) < 4.78 is 5.10. The molecular weight excluding hydrogens is 290 g/mol. The normalized spacial score (nSPS) is 10.5. The number of aromatic amines is 1. The second-order valence-electron chi connectivity index (χ2n) is 5.11. The van der Waals surface area contributed by atoms with Gasteiger partial charge in [0.1, 0.15) is 5.82 Å². The van der Waals surface area contributed by atoms with Gasteiger partial charge in [-0.1, -0.05) is 24.3 Å². The Hall–Kier alpha value is -2.92. The largest absolute Gasteiger partial charge is 0.380 e. The Balaban J connectivity index is 1.78. The highest BCUT2D eigenvalue weighted by atomic mass is 16.5. The summed E-state index contributed by atoms with van der Waals surface area (Å²) in [7, 11) is 1.63. The van der Waals surface area contributed by atoms with Gasteiger partial charge in [-0.25, -0.2) is 4.98 Å². The average molecular weight is 307 g/mol. The highest BCUT2D eigenvalue weighted by molar-refractivity contribution is 6.04. The summed E-state index contributed by atoms with van der Waals surface area (Å²) in [4.78, 5) is 19.7. The number of anilines is 1. The second kappa shape index (κ2) is 6.89. The minimum Gasteiger partial charge on any atom is -0.380 e. The Bertz CT molecular complexity index is 798. The number of benzene rings is 2. The number of H-pyrrole nitrogens is 1. The Kier molecular flexibility index (Phi) is 4.49. The van der Waals surface area contributed by atoms with Crippen LogP contribution in [0.3, 0.4) is 0 Å². The third-order valence-corrected chi connectivity index (χ3v) is 3.39. The van der Waals surface area contributed by atoms with Gasteiger partial charge in [0.05, 0.1) is 6.61 Å². The molecule has 3 rings (SSSR count). The van der Waals surface area contributed by atoms with Crippen LogP contribution in [-0.2, 0) is 11.3 Å². The van der Waals surface area contributed by atoms with Crippen LogP contribution in [0.25, 0.3) is 11.4 Å². The smallest absolute Gasteiger partial charge is 0.255 e. The zero-order valence-corrected chi connectivity index (χ0v) is 12.7. The van der Waals surface area contributed by atoms with Crippen molar-refractivity contribution in [3.05, 3.63) is 72.1 Å². The van der Waals surface area contributed by atoms with Crippen molar-refractivity contribution in [2.45, 2.75) is 6.61 Å². The van der Waals surface area contributed by atoms with Crippen molar-refractivity contribution in [1.82, 2.24) is 9.97 Å². The molecule has 0 spiro atoms. The molecule has 0 radical (unpaired) electrons. The van der Waals surface area contributed by atoms with E-state index in [-0.39, 0.29) is 5.91 Å². The van der Waals surface area contributed by atoms with E-state index < -0.39 is 0 Å². The average Bonchev–Trinajstić information content (AvgIpc) is 3.10. The second-order valence-corrected chi connectivity index (χ2v) is 5.11. The fourth-order valence-electron chi connectivity index (χ4n) is 2.34. The van der Waals surface area contributed by atoms with Crippen LogP contribution in [0.15, 0.2) is 60.9 Å². The van der Waals surface area contributed by atoms with E-state index in [2.05, 4.69) is 15.3 Å². The SMILES string of the molecule is COCc1cccc(C(=O)Nc2cccc(-c3ncc[nH]3)c2)c1. The molecule has 23 heavy (non-hydrogen) atoms. The Morgan fingerprint density at radius 2 is 2.09 bits per heavy atom. The molecule has 5 nitrogen and oxygen atoms in total. The minimum atomic E-state index is -0.153. The van der Waals surface area contributed by atoms with Crippen molar-refractivity contribution >= 4 is 11.6 Å². The predicted octanol–water partition coefficient (Wildman–Crippen LogP) is 3.48. The van der Waals surface area contributed by atoms with Gasteiger partial charge in [-0.15, -0.1) is 0 Å². The number of amides is 1. The Morgan fingerprint density at radius 1 is 1.22 bits per heavy atom. The number of imidazole rings is 1. The molecule has 0 saturated carbocycles. The Labute approximate surface area is 134 Å². The summed E-state index contributed by atoms with van der Waals surface area (Å²) in [5, 5.41) is 2.91. The standard InChI is InChI=1S/C18H17N3O2/c1-23-12-13-4-2-6-15(10-13)18(22)21-16-7-3-5-14(11-16)17-19-8-9-20-17/h2-11H,12H2,1H3,(H,19,20)(H,21,22). The molecule has 0 bridgehead atoms. The lowest BCUT2D eigenvalue weighted by Crippen LogP contribution is -2.12. The molecule has 1 aromatic heterocycles. The van der Waals surface area contributed by atoms with E-state index in [4.69, 9.17) is 4.74 Å². The van der Waals surface area contributed by atoms with Gasteiger partial charge in [0, 0.05) is 36.3 Å². The highest BCUT2D eigenvalue weighted by Crippen LogP contribution is 2.19. The zero-order chi connectivity index (χ0) is 16.1. The van der Waals surface area contributed by atoms with Gasteiger partial charge < -0.3 is 15.0 Å². The molecule has 3 aromatic rings. The van der Waals surface area contributed by atoms with Gasteiger partial charge in [0.15, 0.2) is 0 Å². The number of ether oxygens (including phenoxy) is 1.